The van der Waals surface area contributed by atoms with Gasteiger partial charge in [0.1, 0.15) is 17.3 Å². The summed E-state index contributed by atoms with van der Waals surface area (Å²) < 4.78 is 30.9. The van der Waals surface area contributed by atoms with Crippen LogP contribution in [0.5, 0.6) is 5.75 Å². The minimum absolute atomic E-state index is 0.0217. The zero-order valence-electron chi connectivity index (χ0n) is 27.5. The molecule has 0 bridgehead atoms. The Hall–Kier alpha value is -3.27. The number of carbonyl (C=O) groups excluding carboxylic acids is 2. The SMILES string of the molecule is CCC1CN(C)C2=C(N[C@@](N)(Nc3cc4c(cc3OC)CN(C(=O)CN3CCN(S(C)(=O)=O)CC3)CC4)NC2=O)N1C1CCCC1. The second-order valence-corrected chi connectivity index (χ2v) is 15.3. The van der Waals surface area contributed by atoms with Crippen LogP contribution in [0.15, 0.2) is 23.7 Å². The Labute approximate surface area is 272 Å². The van der Waals surface area contributed by atoms with Gasteiger partial charge in [0, 0.05) is 64.9 Å². The lowest BCUT2D eigenvalue weighted by Crippen LogP contribution is -2.76. The van der Waals surface area contributed by atoms with Crippen LogP contribution in [0.4, 0.5) is 5.69 Å². The van der Waals surface area contributed by atoms with E-state index in [2.05, 4.69) is 27.8 Å². The zero-order valence-corrected chi connectivity index (χ0v) is 28.3. The number of amides is 2. The lowest BCUT2D eigenvalue weighted by Gasteiger charge is -2.52. The summed E-state index contributed by atoms with van der Waals surface area (Å²) in [6, 6.07) is 4.58. The van der Waals surface area contributed by atoms with Crippen molar-refractivity contribution in [2.75, 3.05) is 71.5 Å². The number of nitrogens with two attached hydrogens (primary N) is 1. The molecule has 2 amide bonds. The number of hydrogen-bond acceptors (Lipinski definition) is 11. The van der Waals surface area contributed by atoms with Gasteiger partial charge in [0.15, 0.2) is 0 Å². The van der Waals surface area contributed by atoms with Gasteiger partial charge in [0.25, 0.3) is 5.91 Å². The van der Waals surface area contributed by atoms with Crippen LogP contribution in [-0.2, 0) is 32.6 Å². The van der Waals surface area contributed by atoms with Crippen molar-refractivity contribution >= 4 is 27.5 Å². The summed E-state index contributed by atoms with van der Waals surface area (Å²) in [6.07, 6.45) is 7.42. The van der Waals surface area contributed by atoms with Crippen LogP contribution < -0.4 is 26.4 Å². The Bertz CT molecular complexity index is 1490. The van der Waals surface area contributed by atoms with Crippen molar-refractivity contribution < 1.29 is 22.7 Å². The molecule has 0 aromatic heterocycles. The van der Waals surface area contributed by atoms with Crippen molar-refractivity contribution in [3.05, 3.63) is 34.8 Å². The number of hydrogen-bond donors (Lipinski definition) is 4. The molecule has 15 heteroatoms. The number of sulfonamides is 1. The first-order chi connectivity index (χ1) is 21.9. The molecule has 1 saturated carbocycles. The third-order valence-electron chi connectivity index (χ3n) is 10.2. The largest absolute Gasteiger partial charge is 0.495 e. The van der Waals surface area contributed by atoms with Gasteiger partial charge in [0.05, 0.1) is 25.6 Å². The molecular weight excluding hydrogens is 610 g/mol. The van der Waals surface area contributed by atoms with Crippen LogP contribution in [0, 0.1) is 0 Å². The normalized spacial score (nSPS) is 26.4. The molecule has 254 valence electrons. The molecule has 46 heavy (non-hydrogen) atoms. The molecular formula is C31H49N9O5S. The van der Waals surface area contributed by atoms with E-state index in [1.54, 1.807) is 7.11 Å². The van der Waals surface area contributed by atoms with Gasteiger partial charge < -0.3 is 30.1 Å². The summed E-state index contributed by atoms with van der Waals surface area (Å²) in [6.45, 7) is 6.11. The molecule has 14 nitrogen and oxygen atoms in total. The monoisotopic (exact) mass is 659 g/mol. The van der Waals surface area contributed by atoms with E-state index in [1.807, 2.05) is 33.9 Å². The van der Waals surface area contributed by atoms with Crippen LogP contribution in [0.2, 0.25) is 0 Å². The first-order valence-electron chi connectivity index (χ1n) is 16.5. The predicted octanol–water partition coefficient (Wildman–Crippen LogP) is -0.00390. The molecule has 6 rings (SSSR count). The van der Waals surface area contributed by atoms with Crippen molar-refractivity contribution in [1.29, 1.82) is 0 Å². The Morgan fingerprint density at radius 2 is 1.83 bits per heavy atom. The number of nitrogens with zero attached hydrogens (tertiary/aromatic N) is 5. The fourth-order valence-corrected chi connectivity index (χ4v) is 8.51. The molecule has 5 N–H and O–H groups in total. The third-order valence-corrected chi connectivity index (χ3v) is 11.5. The minimum atomic E-state index is -3.22. The summed E-state index contributed by atoms with van der Waals surface area (Å²) in [5.74, 6) is -0.329. The zero-order chi connectivity index (χ0) is 32.8. The third kappa shape index (κ3) is 6.46. The van der Waals surface area contributed by atoms with E-state index in [1.165, 1.54) is 23.4 Å². The summed E-state index contributed by atoms with van der Waals surface area (Å²) in [5, 5.41) is 9.79. The van der Waals surface area contributed by atoms with Crippen LogP contribution >= 0.6 is 0 Å². The number of benzene rings is 1. The van der Waals surface area contributed by atoms with Gasteiger partial charge >= 0.3 is 0 Å². The van der Waals surface area contributed by atoms with Gasteiger partial charge in [-0.3, -0.25) is 25.5 Å². The average Bonchev–Trinajstić information content (AvgIpc) is 3.54. The van der Waals surface area contributed by atoms with E-state index in [-0.39, 0.29) is 24.4 Å². The van der Waals surface area contributed by atoms with Gasteiger partial charge in [-0.05, 0) is 48.9 Å². The first-order valence-corrected chi connectivity index (χ1v) is 18.3. The maximum Gasteiger partial charge on any atom is 0.275 e. The number of ether oxygens (including phenoxy) is 1. The average molecular weight is 660 g/mol. The Kier molecular flexibility index (Phi) is 9.04. The van der Waals surface area contributed by atoms with Crippen LogP contribution in [-0.4, -0.2) is 128 Å². The van der Waals surface area contributed by atoms with Crippen LogP contribution in [0.3, 0.4) is 0 Å². The fraction of sp³-hybridized carbons (Fsp3) is 0.677. The van der Waals surface area contributed by atoms with Crippen molar-refractivity contribution in [2.45, 2.75) is 70.0 Å². The number of piperazine rings is 1. The second-order valence-electron chi connectivity index (χ2n) is 13.3. The van der Waals surface area contributed by atoms with Crippen molar-refractivity contribution in [1.82, 2.24) is 34.5 Å². The number of nitrogens with one attached hydrogen (secondary N) is 3. The summed E-state index contributed by atoms with van der Waals surface area (Å²) in [4.78, 5) is 35.1. The molecule has 0 spiro atoms. The molecule has 0 radical (unpaired) electrons. The number of rotatable bonds is 8. The molecule has 4 aliphatic heterocycles. The molecule has 1 aromatic carbocycles. The van der Waals surface area contributed by atoms with E-state index >= 15 is 0 Å². The van der Waals surface area contributed by atoms with Crippen LogP contribution in [0.1, 0.15) is 50.2 Å². The summed E-state index contributed by atoms with van der Waals surface area (Å²) in [5.41, 5.74) is 10.2. The number of likely N-dealkylation sites (N-methyl/N-ethyl adjacent to an activating group) is 1. The number of methoxy groups -OCH3 is 1. The molecule has 4 heterocycles. The Morgan fingerprint density at radius 1 is 1.11 bits per heavy atom. The standard InChI is InChI=1S/C31H49N9O5S/c1-5-23-19-36(2)28-29(40(23)24-8-6-7-9-24)34-31(32,35-30(28)42)33-25-16-21-10-11-38(18-22(21)17-26(25)45-3)27(41)20-37-12-14-39(15-13-37)46(4,43)44/h16-17,23-24,33-34H,5-15,18-20,32H2,1-4H3,(H,35,42)/t23?,31-/m1/s1. The van der Waals surface area contributed by atoms with Crippen LogP contribution in [0.25, 0.3) is 0 Å². The molecule has 2 fully saturated rings. The molecule has 1 unspecified atom stereocenters. The van der Waals surface area contributed by atoms with Crippen molar-refractivity contribution in [3.63, 3.8) is 0 Å². The highest BCUT2D eigenvalue weighted by molar-refractivity contribution is 7.88. The Morgan fingerprint density at radius 3 is 2.48 bits per heavy atom. The van der Waals surface area contributed by atoms with E-state index in [0.29, 0.717) is 68.9 Å². The van der Waals surface area contributed by atoms with Gasteiger partial charge in [0.2, 0.25) is 21.8 Å². The number of anilines is 1. The highest BCUT2D eigenvalue weighted by Crippen LogP contribution is 2.37. The fourth-order valence-electron chi connectivity index (χ4n) is 7.68. The van der Waals surface area contributed by atoms with E-state index in [0.717, 1.165) is 42.8 Å². The summed E-state index contributed by atoms with van der Waals surface area (Å²) >= 11 is 0. The van der Waals surface area contributed by atoms with Crippen molar-refractivity contribution in [2.24, 2.45) is 5.73 Å². The lowest BCUT2D eigenvalue weighted by molar-refractivity contribution is -0.133. The maximum atomic E-state index is 13.6. The highest BCUT2D eigenvalue weighted by Gasteiger charge is 2.46. The van der Waals surface area contributed by atoms with E-state index < -0.39 is 15.9 Å². The number of fused-ring (bicyclic) bond motifs is 1. The van der Waals surface area contributed by atoms with Gasteiger partial charge in [-0.25, -0.2) is 8.42 Å². The topological polar surface area (TPSA) is 156 Å². The molecule has 1 aromatic rings. The molecule has 1 aliphatic carbocycles. The smallest absolute Gasteiger partial charge is 0.275 e. The predicted molar refractivity (Wildman–Crippen MR) is 175 cm³/mol. The lowest BCUT2D eigenvalue weighted by atomic mass is 9.98. The maximum absolute atomic E-state index is 13.6. The molecule has 2 atom stereocenters. The quantitative estimate of drug-likeness (QED) is 0.279. The van der Waals surface area contributed by atoms with Crippen molar-refractivity contribution in [3.8, 4) is 5.75 Å². The second kappa shape index (κ2) is 12.7. The van der Waals surface area contributed by atoms with E-state index in [9.17, 15) is 18.0 Å². The minimum Gasteiger partial charge on any atom is -0.495 e. The number of carbonyl (C=O) groups is 2. The molecule has 1 saturated heterocycles. The van der Waals surface area contributed by atoms with Gasteiger partial charge in [-0.2, -0.15) is 4.31 Å². The summed E-state index contributed by atoms with van der Waals surface area (Å²) in [7, 11) is 0.333. The Balaban J connectivity index is 1.16. The molecule has 5 aliphatic rings. The van der Waals surface area contributed by atoms with E-state index in [4.69, 9.17) is 10.5 Å². The first kappa shape index (κ1) is 32.7. The highest BCUT2D eigenvalue weighted by atomic mass is 32.2. The van der Waals surface area contributed by atoms with Gasteiger partial charge in [-0.15, -0.1) is 0 Å². The van der Waals surface area contributed by atoms with Gasteiger partial charge in [-0.1, -0.05) is 19.8 Å².